The number of benzene rings is 1. The van der Waals surface area contributed by atoms with Crippen LogP contribution in [0.4, 0.5) is 4.79 Å². The molecule has 1 N–H and O–H groups in total. The summed E-state index contributed by atoms with van der Waals surface area (Å²) in [5.74, 6) is 0. The number of hydrogen-bond acceptors (Lipinski definition) is 3. The Morgan fingerprint density at radius 1 is 1.13 bits per heavy atom. The van der Waals surface area contributed by atoms with E-state index in [9.17, 15) is 4.79 Å². The second kappa shape index (κ2) is 8.11. The van der Waals surface area contributed by atoms with Crippen molar-refractivity contribution < 1.29 is 4.79 Å². The molecule has 5 heteroatoms. The molecule has 0 saturated carbocycles. The van der Waals surface area contributed by atoms with Gasteiger partial charge in [-0.2, -0.15) is 0 Å². The first-order valence-corrected chi connectivity index (χ1v) is 9.23. The van der Waals surface area contributed by atoms with E-state index in [1.54, 1.807) is 11.3 Å². The Morgan fingerprint density at radius 3 is 2.61 bits per heavy atom. The largest absolute Gasteiger partial charge is 0.338 e. The number of carbonyl (C=O) groups excluding carboxylic acids is 1. The van der Waals surface area contributed by atoms with Gasteiger partial charge in [0.1, 0.15) is 0 Å². The zero-order chi connectivity index (χ0) is 15.9. The summed E-state index contributed by atoms with van der Waals surface area (Å²) in [5, 5.41) is 6.19. The number of likely N-dealkylation sites (tertiary alicyclic amines) is 1. The monoisotopic (exact) mass is 329 g/mol. The number of urea groups is 1. The van der Waals surface area contributed by atoms with Crippen LogP contribution < -0.4 is 5.32 Å². The maximum absolute atomic E-state index is 12.2. The van der Waals surface area contributed by atoms with Gasteiger partial charge in [-0.05, 0) is 12.8 Å². The molecule has 1 fully saturated rings. The van der Waals surface area contributed by atoms with Crippen molar-refractivity contribution in [3.63, 3.8) is 0 Å². The highest BCUT2D eigenvalue weighted by molar-refractivity contribution is 7.09. The molecule has 4 nitrogen and oxygen atoms in total. The highest BCUT2D eigenvalue weighted by Gasteiger charge is 2.14. The van der Waals surface area contributed by atoms with Gasteiger partial charge in [0.25, 0.3) is 0 Å². The normalized spacial score (nSPS) is 15.2. The van der Waals surface area contributed by atoms with Crippen LogP contribution >= 0.6 is 11.3 Å². The van der Waals surface area contributed by atoms with Crippen LogP contribution in [0, 0.1) is 0 Å². The lowest BCUT2D eigenvalue weighted by atomic mass is 10.2. The van der Waals surface area contributed by atoms with E-state index < -0.39 is 0 Å². The number of hydrogen-bond donors (Lipinski definition) is 1. The van der Waals surface area contributed by atoms with Gasteiger partial charge < -0.3 is 10.2 Å². The summed E-state index contributed by atoms with van der Waals surface area (Å²) < 4.78 is 0. The Labute approximate surface area is 141 Å². The highest BCUT2D eigenvalue weighted by atomic mass is 32.1. The van der Waals surface area contributed by atoms with E-state index in [0.717, 1.165) is 48.6 Å². The Morgan fingerprint density at radius 2 is 1.87 bits per heavy atom. The highest BCUT2D eigenvalue weighted by Crippen LogP contribution is 2.21. The van der Waals surface area contributed by atoms with Gasteiger partial charge in [0.2, 0.25) is 0 Å². The quantitative estimate of drug-likeness (QED) is 0.923. The van der Waals surface area contributed by atoms with E-state index in [1.165, 1.54) is 12.8 Å². The molecule has 1 aromatic carbocycles. The van der Waals surface area contributed by atoms with Gasteiger partial charge in [0, 0.05) is 37.0 Å². The third kappa shape index (κ3) is 4.55. The fourth-order valence-electron chi connectivity index (χ4n) is 2.83. The van der Waals surface area contributed by atoms with Crippen LogP contribution in [-0.2, 0) is 6.42 Å². The van der Waals surface area contributed by atoms with Gasteiger partial charge in [-0.3, -0.25) is 0 Å². The van der Waals surface area contributed by atoms with Gasteiger partial charge in [-0.15, -0.1) is 11.3 Å². The van der Waals surface area contributed by atoms with Crippen molar-refractivity contribution in [2.45, 2.75) is 32.1 Å². The van der Waals surface area contributed by atoms with Gasteiger partial charge in [0.05, 0.1) is 10.7 Å². The lowest BCUT2D eigenvalue weighted by molar-refractivity contribution is 0.200. The number of thiazole rings is 1. The van der Waals surface area contributed by atoms with Crippen molar-refractivity contribution in [2.75, 3.05) is 19.6 Å². The third-order valence-corrected chi connectivity index (χ3v) is 5.04. The van der Waals surface area contributed by atoms with E-state index >= 15 is 0 Å². The van der Waals surface area contributed by atoms with Crippen LogP contribution in [0.1, 0.15) is 30.7 Å². The van der Waals surface area contributed by atoms with Crippen LogP contribution in [0.25, 0.3) is 11.3 Å². The van der Waals surface area contributed by atoms with E-state index in [4.69, 9.17) is 0 Å². The fraction of sp³-hybridized carbons (Fsp3) is 0.444. The summed E-state index contributed by atoms with van der Waals surface area (Å²) >= 11 is 1.66. The summed E-state index contributed by atoms with van der Waals surface area (Å²) in [6.07, 6.45) is 5.52. The fourth-order valence-corrected chi connectivity index (χ4v) is 3.64. The average Bonchev–Trinajstić information content (AvgIpc) is 2.89. The third-order valence-electron chi connectivity index (χ3n) is 4.13. The maximum atomic E-state index is 12.2. The first-order valence-electron chi connectivity index (χ1n) is 8.35. The summed E-state index contributed by atoms with van der Waals surface area (Å²) in [4.78, 5) is 18.8. The topological polar surface area (TPSA) is 45.2 Å². The number of aromatic nitrogens is 1. The van der Waals surface area contributed by atoms with Gasteiger partial charge >= 0.3 is 6.03 Å². The summed E-state index contributed by atoms with van der Waals surface area (Å²) in [7, 11) is 0. The average molecular weight is 329 g/mol. The predicted octanol–water partition coefficient (Wildman–Crippen LogP) is 3.94. The molecule has 2 aromatic rings. The lowest BCUT2D eigenvalue weighted by Gasteiger charge is -2.20. The van der Waals surface area contributed by atoms with Crippen molar-refractivity contribution >= 4 is 17.4 Å². The first kappa shape index (κ1) is 16.0. The molecule has 1 aliphatic rings. The van der Waals surface area contributed by atoms with E-state index in [2.05, 4.69) is 27.8 Å². The van der Waals surface area contributed by atoms with Crippen LogP contribution in [-0.4, -0.2) is 35.5 Å². The molecular formula is C18H23N3OS. The van der Waals surface area contributed by atoms with Crippen LogP contribution in [0.3, 0.4) is 0 Å². The van der Waals surface area contributed by atoms with Gasteiger partial charge in [0.15, 0.2) is 0 Å². The summed E-state index contributed by atoms with van der Waals surface area (Å²) in [5.41, 5.74) is 2.16. The number of rotatable bonds is 4. The second-order valence-electron chi connectivity index (χ2n) is 5.88. The molecule has 1 aromatic heterocycles. The van der Waals surface area contributed by atoms with E-state index in [-0.39, 0.29) is 6.03 Å². The van der Waals surface area contributed by atoms with Crippen LogP contribution in [0.2, 0.25) is 0 Å². The molecule has 23 heavy (non-hydrogen) atoms. The minimum atomic E-state index is 0.0757. The molecule has 2 amide bonds. The molecule has 0 radical (unpaired) electrons. The van der Waals surface area contributed by atoms with Crippen molar-refractivity contribution in [1.82, 2.24) is 15.2 Å². The van der Waals surface area contributed by atoms with Crippen molar-refractivity contribution in [3.8, 4) is 11.3 Å². The van der Waals surface area contributed by atoms with Crippen molar-refractivity contribution in [1.29, 1.82) is 0 Å². The summed E-state index contributed by atoms with van der Waals surface area (Å²) in [6, 6.07) is 10.3. The Kier molecular flexibility index (Phi) is 5.64. The molecule has 0 unspecified atom stereocenters. The molecule has 1 saturated heterocycles. The number of carbonyl (C=O) groups is 1. The smallest absolute Gasteiger partial charge is 0.317 e. The molecule has 0 aliphatic carbocycles. The molecule has 122 valence electrons. The molecule has 0 atom stereocenters. The summed E-state index contributed by atoms with van der Waals surface area (Å²) in [6.45, 7) is 2.43. The molecule has 3 rings (SSSR count). The van der Waals surface area contributed by atoms with Gasteiger partial charge in [-0.25, -0.2) is 9.78 Å². The Hall–Kier alpha value is -1.88. The minimum Gasteiger partial charge on any atom is -0.338 e. The zero-order valence-corrected chi connectivity index (χ0v) is 14.1. The second-order valence-corrected chi connectivity index (χ2v) is 6.82. The van der Waals surface area contributed by atoms with Crippen molar-refractivity contribution in [2.24, 2.45) is 0 Å². The van der Waals surface area contributed by atoms with Crippen LogP contribution in [0.5, 0.6) is 0 Å². The number of nitrogens with zero attached hydrogens (tertiary/aromatic N) is 2. The standard InChI is InChI=1S/C18H23N3OS/c22-18(21-12-6-1-2-7-13-21)19-11-10-17-20-16(14-23-17)15-8-4-3-5-9-15/h3-5,8-9,14H,1-2,6-7,10-13H2,(H,19,22). The van der Waals surface area contributed by atoms with E-state index in [0.29, 0.717) is 6.54 Å². The molecule has 0 bridgehead atoms. The van der Waals surface area contributed by atoms with E-state index in [1.807, 2.05) is 23.1 Å². The van der Waals surface area contributed by atoms with Crippen molar-refractivity contribution in [3.05, 3.63) is 40.7 Å². The van der Waals surface area contributed by atoms with Gasteiger partial charge in [-0.1, -0.05) is 43.2 Å². The molecular weight excluding hydrogens is 306 g/mol. The molecule has 2 heterocycles. The molecule has 0 spiro atoms. The number of nitrogens with one attached hydrogen (secondary N) is 1. The zero-order valence-electron chi connectivity index (χ0n) is 13.3. The maximum Gasteiger partial charge on any atom is 0.317 e. The Balaban J connectivity index is 1.47. The lowest BCUT2D eigenvalue weighted by Crippen LogP contribution is -2.41. The SMILES string of the molecule is O=C(NCCc1nc(-c2ccccc2)cs1)N1CCCCCC1. The first-order chi connectivity index (χ1) is 11.3. The Bertz CT molecular complexity index is 618. The minimum absolute atomic E-state index is 0.0757. The number of amides is 2. The van der Waals surface area contributed by atoms with Crippen LogP contribution in [0.15, 0.2) is 35.7 Å². The molecule has 1 aliphatic heterocycles. The predicted molar refractivity (Wildman–Crippen MR) is 94.7 cm³/mol.